The van der Waals surface area contributed by atoms with E-state index in [-0.39, 0.29) is 6.29 Å². The zero-order chi connectivity index (χ0) is 18.0. The Labute approximate surface area is 158 Å². The second-order valence-corrected chi connectivity index (χ2v) is 7.40. The minimum atomic E-state index is -0.228. The first kappa shape index (κ1) is 19.0. The molecule has 3 rings (SSSR count). The molecule has 2 nitrogen and oxygen atoms in total. The maximum atomic E-state index is 6.19. The summed E-state index contributed by atoms with van der Waals surface area (Å²) in [4.78, 5) is 0. The number of aryl methyl sites for hydroxylation is 1. The highest BCUT2D eigenvalue weighted by Gasteiger charge is 2.16. The Bertz CT molecular complexity index is 614. The summed E-state index contributed by atoms with van der Waals surface area (Å²) in [5.74, 6) is 1.73. The Hall–Kier alpha value is -1.80. The Morgan fingerprint density at radius 3 is 2.31 bits per heavy atom. The van der Waals surface area contributed by atoms with Crippen LogP contribution in [0.5, 0.6) is 5.75 Å². The molecule has 0 saturated heterocycles. The summed E-state index contributed by atoms with van der Waals surface area (Å²) < 4.78 is 12.4. The maximum Gasteiger partial charge on any atom is 0.203 e. The van der Waals surface area contributed by atoms with Gasteiger partial charge in [0.25, 0.3) is 0 Å². The van der Waals surface area contributed by atoms with Crippen molar-refractivity contribution in [3.05, 3.63) is 65.7 Å². The fourth-order valence-electron chi connectivity index (χ4n) is 3.74. The van der Waals surface area contributed by atoms with E-state index < -0.39 is 0 Å². The Morgan fingerprint density at radius 2 is 1.62 bits per heavy atom. The largest absolute Gasteiger partial charge is 0.465 e. The topological polar surface area (TPSA) is 18.5 Å². The predicted molar refractivity (Wildman–Crippen MR) is 108 cm³/mol. The van der Waals surface area contributed by atoms with Crippen molar-refractivity contribution in [2.24, 2.45) is 5.92 Å². The number of hydrogen-bond acceptors (Lipinski definition) is 2. The smallest absolute Gasteiger partial charge is 0.203 e. The van der Waals surface area contributed by atoms with E-state index >= 15 is 0 Å². The third-order valence-electron chi connectivity index (χ3n) is 5.40. The lowest BCUT2D eigenvalue weighted by molar-refractivity contribution is -0.0831. The van der Waals surface area contributed by atoms with Gasteiger partial charge in [-0.15, -0.1) is 0 Å². The first-order valence-corrected chi connectivity index (χ1v) is 10.2. The highest BCUT2D eigenvalue weighted by atomic mass is 16.7. The molecule has 1 atom stereocenters. The molecule has 2 heteroatoms. The molecule has 1 fully saturated rings. The second kappa shape index (κ2) is 10.4. The van der Waals surface area contributed by atoms with Crippen molar-refractivity contribution in [1.29, 1.82) is 0 Å². The lowest BCUT2D eigenvalue weighted by atomic mass is 9.87. The summed E-state index contributed by atoms with van der Waals surface area (Å²) >= 11 is 0. The Balaban J connectivity index is 1.56. The molecule has 1 aliphatic carbocycles. The van der Waals surface area contributed by atoms with Crippen molar-refractivity contribution in [2.75, 3.05) is 6.61 Å². The molecule has 0 aliphatic heterocycles. The van der Waals surface area contributed by atoms with Crippen molar-refractivity contribution in [2.45, 2.75) is 64.6 Å². The molecule has 0 N–H and O–H groups in total. The van der Waals surface area contributed by atoms with Crippen molar-refractivity contribution >= 4 is 0 Å². The summed E-state index contributed by atoms with van der Waals surface area (Å²) in [7, 11) is 0. The Kier molecular flexibility index (Phi) is 7.57. The van der Waals surface area contributed by atoms with E-state index in [0.29, 0.717) is 0 Å². The molecule has 0 aromatic heterocycles. The number of ether oxygens (including phenoxy) is 2. The van der Waals surface area contributed by atoms with Crippen LogP contribution in [0.2, 0.25) is 0 Å². The first-order valence-electron chi connectivity index (χ1n) is 10.2. The third kappa shape index (κ3) is 6.17. The second-order valence-electron chi connectivity index (χ2n) is 7.40. The van der Waals surface area contributed by atoms with Gasteiger partial charge < -0.3 is 9.47 Å². The third-order valence-corrected chi connectivity index (χ3v) is 5.40. The van der Waals surface area contributed by atoms with Gasteiger partial charge in [-0.3, -0.25) is 0 Å². The highest BCUT2D eigenvalue weighted by Crippen LogP contribution is 2.26. The van der Waals surface area contributed by atoms with Gasteiger partial charge in [0.2, 0.25) is 6.29 Å². The molecule has 0 radical (unpaired) electrons. The monoisotopic (exact) mass is 352 g/mol. The van der Waals surface area contributed by atoms with Crippen LogP contribution in [0.3, 0.4) is 0 Å². The van der Waals surface area contributed by atoms with Crippen LogP contribution in [-0.2, 0) is 17.6 Å². The van der Waals surface area contributed by atoms with Crippen LogP contribution in [0.15, 0.2) is 54.6 Å². The Morgan fingerprint density at radius 1 is 0.885 bits per heavy atom. The fourth-order valence-corrected chi connectivity index (χ4v) is 3.74. The molecule has 1 saturated carbocycles. The molecule has 1 aliphatic rings. The summed E-state index contributed by atoms with van der Waals surface area (Å²) in [5.41, 5.74) is 2.58. The maximum absolute atomic E-state index is 6.19. The van der Waals surface area contributed by atoms with Crippen molar-refractivity contribution < 1.29 is 9.47 Å². The van der Waals surface area contributed by atoms with E-state index in [1.165, 1.54) is 43.2 Å². The van der Waals surface area contributed by atoms with Gasteiger partial charge in [-0.25, -0.2) is 0 Å². The molecule has 0 amide bonds. The number of hydrogen-bond donors (Lipinski definition) is 0. The van der Waals surface area contributed by atoms with E-state index in [1.807, 2.05) is 6.07 Å². The van der Waals surface area contributed by atoms with Gasteiger partial charge in [0.1, 0.15) is 5.75 Å². The normalized spacial score (nSPS) is 16.3. The number of rotatable bonds is 9. The van der Waals surface area contributed by atoms with E-state index in [4.69, 9.17) is 9.47 Å². The molecule has 0 spiro atoms. The van der Waals surface area contributed by atoms with Crippen LogP contribution in [0.4, 0.5) is 0 Å². The van der Waals surface area contributed by atoms with Gasteiger partial charge in [0.15, 0.2) is 0 Å². The fraction of sp³-hybridized carbons (Fsp3) is 0.500. The van der Waals surface area contributed by atoms with E-state index in [9.17, 15) is 0 Å². The van der Waals surface area contributed by atoms with Crippen molar-refractivity contribution in [3.8, 4) is 5.75 Å². The van der Waals surface area contributed by atoms with Gasteiger partial charge in [0.05, 0.1) is 6.61 Å². The summed E-state index contributed by atoms with van der Waals surface area (Å²) in [6, 6.07) is 18.9. The zero-order valence-electron chi connectivity index (χ0n) is 16.0. The molecule has 0 heterocycles. The zero-order valence-corrected chi connectivity index (χ0v) is 16.0. The summed E-state index contributed by atoms with van der Waals surface area (Å²) in [6.07, 6.45) is 9.67. The molecule has 2 aromatic rings. The molecular weight excluding hydrogens is 320 g/mol. The quantitative estimate of drug-likeness (QED) is 0.501. The molecule has 140 valence electrons. The average Bonchev–Trinajstić information content (AvgIpc) is 2.70. The predicted octanol–water partition coefficient (Wildman–Crippen LogP) is 6.18. The van der Waals surface area contributed by atoms with Gasteiger partial charge in [-0.05, 0) is 42.0 Å². The van der Waals surface area contributed by atoms with Gasteiger partial charge >= 0.3 is 0 Å². The van der Waals surface area contributed by atoms with Crippen molar-refractivity contribution in [1.82, 2.24) is 0 Å². The van der Waals surface area contributed by atoms with E-state index in [1.54, 1.807) is 0 Å². The van der Waals surface area contributed by atoms with Crippen LogP contribution < -0.4 is 4.74 Å². The van der Waals surface area contributed by atoms with Crippen molar-refractivity contribution in [3.63, 3.8) is 0 Å². The van der Waals surface area contributed by atoms with Crippen LogP contribution in [0.25, 0.3) is 0 Å². The van der Waals surface area contributed by atoms with Gasteiger partial charge in [0, 0.05) is 6.42 Å². The summed E-state index contributed by atoms with van der Waals surface area (Å²) in [6.45, 7) is 2.96. The lowest BCUT2D eigenvalue weighted by Crippen LogP contribution is -2.25. The van der Waals surface area contributed by atoms with Crippen LogP contribution in [0.1, 0.15) is 56.6 Å². The van der Waals surface area contributed by atoms with E-state index in [0.717, 1.165) is 37.5 Å². The van der Waals surface area contributed by atoms with Crippen LogP contribution >= 0.6 is 0 Å². The standard InChI is InChI=1S/C24H32O2/c1-2-20-13-15-23(16-14-20)26-24(19-22-11-7-4-8-12-22)25-18-17-21-9-5-3-6-10-21/h4,7-8,11-16,21,24H,2-3,5-6,9-10,17-19H2,1H3. The molecule has 2 aromatic carbocycles. The highest BCUT2D eigenvalue weighted by molar-refractivity contribution is 5.27. The molecule has 1 unspecified atom stereocenters. The van der Waals surface area contributed by atoms with Gasteiger partial charge in [-0.2, -0.15) is 0 Å². The molecule has 26 heavy (non-hydrogen) atoms. The summed E-state index contributed by atoms with van der Waals surface area (Å²) in [5, 5.41) is 0. The first-order chi connectivity index (χ1) is 12.8. The molecule has 0 bridgehead atoms. The number of benzene rings is 2. The lowest BCUT2D eigenvalue weighted by Gasteiger charge is -2.24. The van der Waals surface area contributed by atoms with Crippen LogP contribution in [0, 0.1) is 5.92 Å². The average molecular weight is 353 g/mol. The van der Waals surface area contributed by atoms with Gasteiger partial charge in [-0.1, -0.05) is 81.5 Å². The van der Waals surface area contributed by atoms with E-state index in [2.05, 4.69) is 55.5 Å². The minimum Gasteiger partial charge on any atom is -0.465 e. The minimum absolute atomic E-state index is 0.228. The SMILES string of the molecule is CCc1ccc(OC(Cc2ccccc2)OCCC2CCCCC2)cc1. The van der Waals surface area contributed by atoms with Crippen LogP contribution in [-0.4, -0.2) is 12.9 Å². The molecular formula is C24H32O2.